The largest absolute Gasteiger partial charge is 0.496 e. The average molecular weight is 430 g/mol. The minimum absolute atomic E-state index is 0.0791. The Labute approximate surface area is 183 Å². The number of likely N-dealkylation sites (N-methyl/N-ethyl adjacent to an activating group) is 1. The summed E-state index contributed by atoms with van der Waals surface area (Å²) in [5.41, 5.74) is 3.56. The van der Waals surface area contributed by atoms with E-state index >= 15 is 0 Å². The van der Waals surface area contributed by atoms with Crippen LogP contribution in [-0.2, 0) is 16.1 Å². The van der Waals surface area contributed by atoms with Gasteiger partial charge in [-0.25, -0.2) is 0 Å². The number of carbonyl (C=O) groups excluding carboxylic acids is 2. The second-order valence-corrected chi connectivity index (χ2v) is 7.28. The number of hydrogen-bond donors (Lipinski definition) is 2. The fourth-order valence-electron chi connectivity index (χ4n) is 3.22. The highest BCUT2D eigenvalue weighted by molar-refractivity contribution is 5.94. The first-order chi connectivity index (χ1) is 14.8. The van der Waals surface area contributed by atoms with Crippen molar-refractivity contribution < 1.29 is 23.8 Å². The summed E-state index contributed by atoms with van der Waals surface area (Å²) in [4.78, 5) is 26.4. The van der Waals surface area contributed by atoms with Crippen LogP contribution in [0.5, 0.6) is 17.2 Å². The van der Waals surface area contributed by atoms with E-state index in [1.54, 1.807) is 45.4 Å². The molecule has 31 heavy (non-hydrogen) atoms. The molecule has 0 aromatic heterocycles. The number of methoxy groups -OCH3 is 3. The number of anilines is 1. The molecule has 2 rings (SSSR count). The molecule has 2 amide bonds. The standard InChI is InChI=1S/C23H31N3O5/c1-15-8-7-9-16(2)23(15)25-22(28)14-26(3)13-21(27)24-12-17-10-19(30-5)20(31-6)11-18(17)29-4/h7-11H,12-14H2,1-6H3,(H,24,27)(H,25,28). The van der Waals surface area contributed by atoms with E-state index in [1.807, 2.05) is 32.0 Å². The van der Waals surface area contributed by atoms with Crippen LogP contribution in [0.3, 0.4) is 0 Å². The highest BCUT2D eigenvalue weighted by Gasteiger charge is 2.15. The second-order valence-electron chi connectivity index (χ2n) is 7.28. The van der Waals surface area contributed by atoms with Gasteiger partial charge in [0.05, 0.1) is 34.4 Å². The van der Waals surface area contributed by atoms with Gasteiger partial charge in [-0.3, -0.25) is 14.5 Å². The Morgan fingerprint density at radius 3 is 2.00 bits per heavy atom. The van der Waals surface area contributed by atoms with Crippen molar-refractivity contribution in [1.82, 2.24) is 10.2 Å². The van der Waals surface area contributed by atoms with Gasteiger partial charge in [-0.2, -0.15) is 0 Å². The third kappa shape index (κ3) is 6.62. The minimum Gasteiger partial charge on any atom is -0.496 e. The van der Waals surface area contributed by atoms with E-state index in [4.69, 9.17) is 14.2 Å². The molecule has 0 unspecified atom stereocenters. The molecular weight excluding hydrogens is 398 g/mol. The third-order valence-electron chi connectivity index (χ3n) is 4.84. The highest BCUT2D eigenvalue weighted by atomic mass is 16.5. The van der Waals surface area contributed by atoms with E-state index in [9.17, 15) is 9.59 Å². The fraction of sp³-hybridized carbons (Fsp3) is 0.391. The Kier molecular flexibility index (Phi) is 8.69. The van der Waals surface area contributed by atoms with Crippen molar-refractivity contribution in [3.8, 4) is 17.2 Å². The van der Waals surface area contributed by atoms with Gasteiger partial charge in [-0.15, -0.1) is 0 Å². The first-order valence-corrected chi connectivity index (χ1v) is 9.89. The molecule has 0 bridgehead atoms. The predicted octanol–water partition coefficient (Wildman–Crippen LogP) is 2.52. The third-order valence-corrected chi connectivity index (χ3v) is 4.84. The van der Waals surface area contributed by atoms with Crippen LogP contribution < -0.4 is 24.8 Å². The van der Waals surface area contributed by atoms with Gasteiger partial charge in [0.1, 0.15) is 5.75 Å². The quantitative estimate of drug-likeness (QED) is 0.603. The lowest BCUT2D eigenvalue weighted by Gasteiger charge is -2.18. The number of nitrogens with zero attached hydrogens (tertiary/aromatic N) is 1. The Bertz CT molecular complexity index is 909. The Hall–Kier alpha value is -3.26. The van der Waals surface area contributed by atoms with Gasteiger partial charge in [-0.1, -0.05) is 18.2 Å². The Morgan fingerprint density at radius 1 is 0.871 bits per heavy atom. The predicted molar refractivity (Wildman–Crippen MR) is 120 cm³/mol. The first-order valence-electron chi connectivity index (χ1n) is 9.89. The molecular formula is C23H31N3O5. The molecule has 8 nitrogen and oxygen atoms in total. The van der Waals surface area contributed by atoms with Gasteiger partial charge >= 0.3 is 0 Å². The van der Waals surface area contributed by atoms with Gasteiger partial charge in [0, 0.05) is 23.9 Å². The first kappa shape index (κ1) is 24.0. The summed E-state index contributed by atoms with van der Waals surface area (Å²) in [6.45, 7) is 4.33. The molecule has 8 heteroatoms. The highest BCUT2D eigenvalue weighted by Crippen LogP contribution is 2.34. The fourth-order valence-corrected chi connectivity index (χ4v) is 3.22. The topological polar surface area (TPSA) is 89.1 Å². The minimum atomic E-state index is -0.209. The van der Waals surface area contributed by atoms with E-state index < -0.39 is 0 Å². The maximum atomic E-state index is 12.4. The van der Waals surface area contributed by atoms with Crippen LogP contribution in [0, 0.1) is 13.8 Å². The molecule has 0 fully saturated rings. The summed E-state index contributed by atoms with van der Waals surface area (Å²) in [6, 6.07) is 9.32. The number of nitrogens with one attached hydrogen (secondary N) is 2. The van der Waals surface area contributed by atoms with Gasteiger partial charge in [0.2, 0.25) is 11.8 Å². The lowest BCUT2D eigenvalue weighted by molar-refractivity contribution is -0.123. The maximum Gasteiger partial charge on any atom is 0.238 e. The van der Waals surface area contributed by atoms with Crippen molar-refractivity contribution in [2.45, 2.75) is 20.4 Å². The van der Waals surface area contributed by atoms with Crippen molar-refractivity contribution in [1.29, 1.82) is 0 Å². The van der Waals surface area contributed by atoms with Crippen LogP contribution >= 0.6 is 0 Å². The molecule has 0 aliphatic carbocycles. The normalized spacial score (nSPS) is 10.5. The zero-order chi connectivity index (χ0) is 23.0. The van der Waals surface area contributed by atoms with Crippen LogP contribution in [0.25, 0.3) is 0 Å². The lowest BCUT2D eigenvalue weighted by Crippen LogP contribution is -2.38. The molecule has 0 heterocycles. The summed E-state index contributed by atoms with van der Waals surface area (Å²) in [7, 11) is 6.37. The number of ether oxygens (including phenoxy) is 3. The van der Waals surface area contributed by atoms with Crippen LogP contribution in [0.4, 0.5) is 5.69 Å². The summed E-state index contributed by atoms with van der Waals surface area (Å²) in [6.07, 6.45) is 0. The van der Waals surface area contributed by atoms with Crippen molar-refractivity contribution in [3.05, 3.63) is 47.0 Å². The van der Waals surface area contributed by atoms with E-state index in [-0.39, 0.29) is 31.4 Å². The van der Waals surface area contributed by atoms with E-state index in [0.717, 1.165) is 22.4 Å². The number of aryl methyl sites for hydroxylation is 2. The van der Waals surface area contributed by atoms with Gasteiger partial charge in [0.25, 0.3) is 0 Å². The Balaban J connectivity index is 1.90. The molecule has 2 aromatic rings. The maximum absolute atomic E-state index is 12.4. The number of para-hydroxylation sites is 1. The summed E-state index contributed by atoms with van der Waals surface area (Å²) in [5, 5.41) is 5.77. The molecule has 0 radical (unpaired) electrons. The molecule has 0 atom stereocenters. The second kappa shape index (κ2) is 11.2. The van der Waals surface area contributed by atoms with Crippen LogP contribution in [0.1, 0.15) is 16.7 Å². The summed E-state index contributed by atoms with van der Waals surface area (Å²) < 4.78 is 16.0. The molecule has 2 N–H and O–H groups in total. The Morgan fingerprint density at radius 2 is 1.42 bits per heavy atom. The molecule has 0 aliphatic rings. The molecule has 0 saturated heterocycles. The molecule has 0 aliphatic heterocycles. The van der Waals surface area contributed by atoms with Crippen LogP contribution in [-0.4, -0.2) is 58.2 Å². The number of amides is 2. The number of rotatable bonds is 10. The number of hydrogen-bond acceptors (Lipinski definition) is 6. The lowest BCUT2D eigenvalue weighted by atomic mass is 10.1. The number of benzene rings is 2. The summed E-state index contributed by atoms with van der Waals surface area (Å²) >= 11 is 0. The van der Waals surface area contributed by atoms with Gasteiger partial charge in [0.15, 0.2) is 11.5 Å². The van der Waals surface area contributed by atoms with E-state index in [0.29, 0.717) is 17.2 Å². The molecule has 0 spiro atoms. The zero-order valence-corrected chi connectivity index (χ0v) is 19.0. The van der Waals surface area contributed by atoms with Crippen molar-refractivity contribution >= 4 is 17.5 Å². The van der Waals surface area contributed by atoms with E-state index in [2.05, 4.69) is 10.6 Å². The van der Waals surface area contributed by atoms with Crippen LogP contribution in [0.15, 0.2) is 30.3 Å². The average Bonchev–Trinajstić information content (AvgIpc) is 2.74. The van der Waals surface area contributed by atoms with Crippen molar-refractivity contribution in [2.24, 2.45) is 0 Å². The number of carbonyl (C=O) groups is 2. The van der Waals surface area contributed by atoms with Crippen molar-refractivity contribution in [2.75, 3.05) is 46.8 Å². The monoisotopic (exact) mass is 429 g/mol. The van der Waals surface area contributed by atoms with Gasteiger partial charge in [-0.05, 0) is 38.1 Å². The summed E-state index contributed by atoms with van der Waals surface area (Å²) in [5.74, 6) is 1.30. The van der Waals surface area contributed by atoms with Gasteiger partial charge < -0.3 is 24.8 Å². The molecule has 2 aromatic carbocycles. The van der Waals surface area contributed by atoms with E-state index in [1.165, 1.54) is 0 Å². The molecule has 168 valence electrons. The molecule has 0 saturated carbocycles. The van der Waals surface area contributed by atoms with Crippen LogP contribution in [0.2, 0.25) is 0 Å². The SMILES string of the molecule is COc1cc(OC)c(OC)cc1CNC(=O)CN(C)CC(=O)Nc1c(C)cccc1C. The smallest absolute Gasteiger partial charge is 0.238 e. The zero-order valence-electron chi connectivity index (χ0n) is 19.0. The van der Waals surface area contributed by atoms with Crippen molar-refractivity contribution in [3.63, 3.8) is 0 Å².